The number of carbonyl (C=O) groups is 6. The second-order valence-electron chi connectivity index (χ2n) is 13.1. The van der Waals surface area contributed by atoms with Crippen LogP contribution in [-0.2, 0) is 51.2 Å². The molecule has 1 aliphatic rings. The van der Waals surface area contributed by atoms with Crippen LogP contribution in [0.1, 0.15) is 98.6 Å². The minimum absolute atomic E-state index is 0.00230. The standard InChI is InChI=1S/C15H24N2O.C14H17NO2.C12H20O5/c1-4-10-16-11-13-6-8-14(9-7-13)17-15(18)12(3)5-2;1-10-11(2)14(17)15(13(10)16)9-8-12-6-4-3-5-7-12;1-4-9(3)12(15)16-7-6-11(14)17-8-10(13)5-2/h6-9,12,16H,4-5,10-11H2,1-3H3,(H,17,18);3-7,10-11H,8-9H2,1-2H3;9H,4-8H2,1-3H3/t12-;10-,11+;9-/m0.0/s1. The van der Waals surface area contributed by atoms with E-state index in [9.17, 15) is 28.8 Å². The van der Waals surface area contributed by atoms with Gasteiger partial charge in [-0.15, -0.1) is 0 Å². The fourth-order valence-electron chi connectivity index (χ4n) is 4.58. The number of hydrogen-bond acceptors (Lipinski definition) is 9. The molecule has 0 spiro atoms. The third kappa shape index (κ3) is 17.2. The third-order valence-corrected chi connectivity index (χ3v) is 8.92. The van der Waals surface area contributed by atoms with E-state index >= 15 is 0 Å². The van der Waals surface area contributed by atoms with Crippen molar-refractivity contribution >= 4 is 41.1 Å². The van der Waals surface area contributed by atoms with Gasteiger partial charge in [0, 0.05) is 43.0 Å². The van der Waals surface area contributed by atoms with E-state index in [1.165, 1.54) is 10.5 Å². The van der Waals surface area contributed by atoms with E-state index in [0.717, 1.165) is 43.6 Å². The summed E-state index contributed by atoms with van der Waals surface area (Å²) in [7, 11) is 0. The Balaban J connectivity index is 0.000000390. The van der Waals surface area contributed by atoms with Gasteiger partial charge in [0.2, 0.25) is 17.7 Å². The summed E-state index contributed by atoms with van der Waals surface area (Å²) in [4.78, 5) is 70.0. The minimum atomic E-state index is -0.524. The number of nitrogens with one attached hydrogen (secondary N) is 2. The number of ether oxygens (including phenoxy) is 2. The van der Waals surface area contributed by atoms with Gasteiger partial charge in [-0.1, -0.05) is 97.9 Å². The van der Waals surface area contributed by atoms with Gasteiger partial charge in [-0.2, -0.15) is 0 Å². The number of amides is 3. The maximum atomic E-state index is 11.9. The van der Waals surface area contributed by atoms with Crippen LogP contribution in [-0.4, -0.2) is 66.6 Å². The van der Waals surface area contributed by atoms with Crippen molar-refractivity contribution < 1.29 is 38.2 Å². The highest BCUT2D eigenvalue weighted by molar-refractivity contribution is 6.04. The van der Waals surface area contributed by atoms with Gasteiger partial charge in [0.1, 0.15) is 13.2 Å². The fraction of sp³-hybridized carbons (Fsp3) is 0.561. The molecule has 1 aliphatic heterocycles. The molecule has 0 aliphatic carbocycles. The zero-order valence-corrected chi connectivity index (χ0v) is 32.5. The van der Waals surface area contributed by atoms with Crippen molar-refractivity contribution in [1.82, 2.24) is 10.2 Å². The molecule has 2 aromatic rings. The first-order chi connectivity index (χ1) is 24.8. The van der Waals surface area contributed by atoms with Gasteiger partial charge in [0.25, 0.3) is 0 Å². The number of rotatable bonds is 18. The molecular weight excluding hydrogens is 662 g/mol. The molecule has 0 saturated carbocycles. The minimum Gasteiger partial charge on any atom is -0.465 e. The molecule has 11 heteroatoms. The zero-order chi connectivity index (χ0) is 39.1. The normalized spacial score (nSPS) is 16.0. The molecule has 0 radical (unpaired) electrons. The van der Waals surface area contributed by atoms with Gasteiger partial charge in [0.15, 0.2) is 5.78 Å². The van der Waals surface area contributed by atoms with Crippen molar-refractivity contribution in [2.45, 2.75) is 100 Å². The molecule has 1 fully saturated rings. The molecule has 288 valence electrons. The molecular formula is C41H61N3O8. The lowest BCUT2D eigenvalue weighted by Crippen LogP contribution is -2.32. The van der Waals surface area contributed by atoms with Crippen molar-refractivity contribution in [3.05, 3.63) is 65.7 Å². The predicted molar refractivity (Wildman–Crippen MR) is 203 cm³/mol. The van der Waals surface area contributed by atoms with E-state index in [1.807, 2.05) is 77.1 Å². The molecule has 4 atom stereocenters. The van der Waals surface area contributed by atoms with E-state index in [4.69, 9.17) is 4.74 Å². The second kappa shape index (κ2) is 25.6. The molecule has 1 saturated heterocycles. The van der Waals surface area contributed by atoms with E-state index in [1.54, 1.807) is 13.8 Å². The summed E-state index contributed by atoms with van der Waals surface area (Å²) in [5.74, 6) is -1.37. The Hall–Kier alpha value is -4.38. The second-order valence-corrected chi connectivity index (χ2v) is 13.1. The average Bonchev–Trinajstić information content (AvgIpc) is 3.34. The molecule has 0 aromatic heterocycles. The van der Waals surface area contributed by atoms with E-state index < -0.39 is 5.97 Å². The molecule has 11 nitrogen and oxygen atoms in total. The number of anilines is 1. The molecule has 52 heavy (non-hydrogen) atoms. The van der Waals surface area contributed by atoms with Crippen molar-refractivity contribution in [2.75, 3.05) is 31.6 Å². The molecule has 1 heterocycles. The number of nitrogens with zero attached hydrogens (tertiary/aromatic N) is 1. The lowest BCUT2D eigenvalue weighted by molar-refractivity contribution is -0.153. The number of esters is 2. The Morgan fingerprint density at radius 3 is 1.92 bits per heavy atom. The Bertz CT molecular complexity index is 1380. The molecule has 3 rings (SSSR count). The van der Waals surface area contributed by atoms with Gasteiger partial charge in [-0.25, -0.2) is 0 Å². The Morgan fingerprint density at radius 1 is 0.788 bits per heavy atom. The number of Topliss-reactive ketones (excluding diaryl/α,β-unsaturated/α-hetero) is 1. The van der Waals surface area contributed by atoms with Crippen molar-refractivity contribution in [3.8, 4) is 0 Å². The number of ketones is 1. The first-order valence-corrected chi connectivity index (χ1v) is 18.6. The van der Waals surface area contributed by atoms with Crippen LogP contribution < -0.4 is 10.6 Å². The number of hydrogen-bond donors (Lipinski definition) is 2. The summed E-state index contributed by atoms with van der Waals surface area (Å²) in [6, 6.07) is 17.9. The van der Waals surface area contributed by atoms with Gasteiger partial charge in [0.05, 0.1) is 12.3 Å². The van der Waals surface area contributed by atoms with Crippen molar-refractivity contribution in [1.29, 1.82) is 0 Å². The topological polar surface area (TPSA) is 148 Å². The van der Waals surface area contributed by atoms with Crippen LogP contribution >= 0.6 is 0 Å². The van der Waals surface area contributed by atoms with E-state index in [0.29, 0.717) is 19.4 Å². The highest BCUT2D eigenvalue weighted by Crippen LogP contribution is 2.25. The third-order valence-electron chi connectivity index (χ3n) is 8.92. The van der Waals surface area contributed by atoms with Crippen LogP contribution in [0.2, 0.25) is 0 Å². The lowest BCUT2D eigenvalue weighted by Gasteiger charge is -2.14. The number of benzene rings is 2. The fourth-order valence-corrected chi connectivity index (χ4v) is 4.58. The van der Waals surface area contributed by atoms with Crippen LogP contribution in [0.5, 0.6) is 0 Å². The summed E-state index contributed by atoms with van der Waals surface area (Å²) in [5, 5.41) is 6.28. The largest absolute Gasteiger partial charge is 0.465 e. The highest BCUT2D eigenvalue weighted by atomic mass is 16.5. The molecule has 2 N–H and O–H groups in total. The number of imide groups is 1. The van der Waals surface area contributed by atoms with Crippen LogP contribution in [0.3, 0.4) is 0 Å². The maximum absolute atomic E-state index is 11.9. The lowest BCUT2D eigenvalue weighted by atomic mass is 10.00. The quantitative estimate of drug-likeness (QED) is 0.0995. The monoisotopic (exact) mass is 723 g/mol. The van der Waals surface area contributed by atoms with Crippen molar-refractivity contribution in [2.24, 2.45) is 23.7 Å². The summed E-state index contributed by atoms with van der Waals surface area (Å²) in [6.07, 6.45) is 3.77. The highest BCUT2D eigenvalue weighted by Gasteiger charge is 2.41. The van der Waals surface area contributed by atoms with Crippen LogP contribution in [0.25, 0.3) is 0 Å². The van der Waals surface area contributed by atoms with Gasteiger partial charge in [-0.3, -0.25) is 33.7 Å². The Morgan fingerprint density at radius 2 is 1.38 bits per heavy atom. The molecule has 3 amide bonds. The van der Waals surface area contributed by atoms with Gasteiger partial charge >= 0.3 is 11.9 Å². The van der Waals surface area contributed by atoms with E-state index in [-0.39, 0.29) is 72.8 Å². The number of carbonyl (C=O) groups excluding carboxylic acids is 6. The summed E-state index contributed by atoms with van der Waals surface area (Å²) in [6.45, 7) is 17.3. The van der Waals surface area contributed by atoms with Crippen LogP contribution in [0, 0.1) is 23.7 Å². The summed E-state index contributed by atoms with van der Waals surface area (Å²) >= 11 is 0. The van der Waals surface area contributed by atoms with Gasteiger partial charge in [-0.05, 0) is 55.5 Å². The molecule has 2 aromatic carbocycles. The summed E-state index contributed by atoms with van der Waals surface area (Å²) in [5.41, 5.74) is 3.27. The molecule has 0 unspecified atom stereocenters. The maximum Gasteiger partial charge on any atom is 0.309 e. The average molecular weight is 724 g/mol. The van der Waals surface area contributed by atoms with E-state index in [2.05, 4.69) is 34.4 Å². The Labute approximate surface area is 310 Å². The first kappa shape index (κ1) is 45.6. The van der Waals surface area contributed by atoms with Crippen molar-refractivity contribution in [3.63, 3.8) is 0 Å². The van der Waals surface area contributed by atoms with Gasteiger partial charge < -0.3 is 20.1 Å². The predicted octanol–water partition coefficient (Wildman–Crippen LogP) is 6.53. The SMILES string of the molecule is CCC(=O)COC(=O)CCOC(=O)[C@@H](C)CC.CCCNCc1ccc(NC(=O)[C@@H](C)CC)cc1.C[C@@H]1C(=O)N(CCc2ccccc2)C(=O)[C@@H]1C. The smallest absolute Gasteiger partial charge is 0.309 e. The molecule has 0 bridgehead atoms. The first-order valence-electron chi connectivity index (χ1n) is 18.6. The van der Waals surface area contributed by atoms with Crippen LogP contribution in [0.15, 0.2) is 54.6 Å². The number of likely N-dealkylation sites (tertiary alicyclic amines) is 1. The zero-order valence-electron chi connectivity index (χ0n) is 32.5. The Kier molecular flexibility index (Phi) is 22.4. The van der Waals surface area contributed by atoms with Crippen LogP contribution in [0.4, 0.5) is 5.69 Å². The summed E-state index contributed by atoms with van der Waals surface area (Å²) < 4.78 is 9.56.